The minimum Gasteiger partial charge on any atom is -0.328 e. The van der Waals surface area contributed by atoms with E-state index in [0.29, 0.717) is 17.8 Å². The topological polar surface area (TPSA) is 122 Å². The Balaban J connectivity index is 1.26. The molecule has 11 heteroatoms. The molecular formula is C25H24F3N7O. The Bertz CT molecular complexity index is 1400. The Labute approximate surface area is 204 Å². The summed E-state index contributed by atoms with van der Waals surface area (Å²) < 4.78 is 38.7. The molecule has 1 aliphatic rings. The average Bonchev–Trinajstić information content (AvgIpc) is 3.45. The highest BCUT2D eigenvalue weighted by molar-refractivity contribution is 5.99. The third kappa shape index (κ3) is 5.30. The Kier molecular flexibility index (Phi) is 6.31. The van der Waals surface area contributed by atoms with Gasteiger partial charge < -0.3 is 16.4 Å². The Morgan fingerprint density at radius 2 is 1.83 bits per heavy atom. The lowest BCUT2D eigenvalue weighted by Crippen LogP contribution is -2.20. The van der Waals surface area contributed by atoms with E-state index in [2.05, 4.69) is 30.8 Å². The third-order valence-corrected chi connectivity index (χ3v) is 6.26. The molecule has 0 saturated heterocycles. The Morgan fingerprint density at radius 3 is 2.56 bits per heavy atom. The van der Waals surface area contributed by atoms with Gasteiger partial charge in [0.1, 0.15) is 5.82 Å². The number of benzene rings is 2. The van der Waals surface area contributed by atoms with Crippen molar-refractivity contribution in [1.82, 2.24) is 20.2 Å². The van der Waals surface area contributed by atoms with E-state index in [9.17, 15) is 18.0 Å². The first-order valence-electron chi connectivity index (χ1n) is 11.5. The maximum absolute atomic E-state index is 12.9. The van der Waals surface area contributed by atoms with Crippen LogP contribution in [0.25, 0.3) is 11.0 Å². The molecule has 1 fully saturated rings. The largest absolute Gasteiger partial charge is 0.416 e. The van der Waals surface area contributed by atoms with Gasteiger partial charge in [-0.15, -0.1) is 0 Å². The van der Waals surface area contributed by atoms with Crippen molar-refractivity contribution in [1.29, 1.82) is 0 Å². The smallest absolute Gasteiger partial charge is 0.328 e. The van der Waals surface area contributed by atoms with Gasteiger partial charge in [-0.3, -0.25) is 5.10 Å². The molecule has 2 unspecified atom stereocenters. The van der Waals surface area contributed by atoms with Crippen molar-refractivity contribution in [3.05, 3.63) is 77.4 Å². The van der Waals surface area contributed by atoms with Gasteiger partial charge in [0.15, 0.2) is 5.65 Å². The number of H-pyrrole nitrogens is 1. The third-order valence-electron chi connectivity index (χ3n) is 6.26. The van der Waals surface area contributed by atoms with Crippen LogP contribution in [0.4, 0.5) is 29.3 Å². The van der Waals surface area contributed by atoms with Crippen LogP contribution in [0.1, 0.15) is 47.8 Å². The lowest BCUT2D eigenvalue weighted by atomic mass is 10.1. The van der Waals surface area contributed by atoms with E-state index in [1.165, 1.54) is 12.1 Å². The molecule has 0 spiro atoms. The number of anilines is 2. The maximum Gasteiger partial charge on any atom is 0.416 e. The molecule has 2 heterocycles. The number of aromatic nitrogens is 4. The van der Waals surface area contributed by atoms with Gasteiger partial charge in [0.25, 0.3) is 0 Å². The summed E-state index contributed by atoms with van der Waals surface area (Å²) in [6, 6.07) is 11.2. The van der Waals surface area contributed by atoms with Gasteiger partial charge in [-0.25, -0.2) is 14.8 Å². The van der Waals surface area contributed by atoms with Gasteiger partial charge in [-0.05, 0) is 55.2 Å². The molecule has 36 heavy (non-hydrogen) atoms. The molecule has 5 N–H and O–H groups in total. The van der Waals surface area contributed by atoms with Crippen molar-refractivity contribution in [3.8, 4) is 0 Å². The zero-order chi connectivity index (χ0) is 25.3. The molecule has 2 atom stereocenters. The van der Waals surface area contributed by atoms with Gasteiger partial charge in [0, 0.05) is 36.0 Å². The molecule has 0 aliphatic heterocycles. The summed E-state index contributed by atoms with van der Waals surface area (Å²) in [7, 11) is 0. The zero-order valence-electron chi connectivity index (χ0n) is 19.1. The van der Waals surface area contributed by atoms with Crippen LogP contribution < -0.4 is 16.4 Å². The zero-order valence-corrected chi connectivity index (χ0v) is 19.1. The number of carbonyl (C=O) groups is 1. The highest BCUT2D eigenvalue weighted by Crippen LogP contribution is 2.32. The van der Waals surface area contributed by atoms with Crippen LogP contribution in [-0.4, -0.2) is 32.2 Å². The fourth-order valence-corrected chi connectivity index (χ4v) is 4.48. The average molecular weight is 496 g/mol. The van der Waals surface area contributed by atoms with Crippen LogP contribution >= 0.6 is 0 Å². The van der Waals surface area contributed by atoms with Crippen molar-refractivity contribution < 1.29 is 18.0 Å². The summed E-state index contributed by atoms with van der Waals surface area (Å²) in [5.74, 6) is 1.03. The quantitative estimate of drug-likeness (QED) is 0.303. The molecule has 2 aromatic carbocycles. The lowest BCUT2D eigenvalue weighted by Gasteiger charge is -2.11. The van der Waals surface area contributed by atoms with E-state index < -0.39 is 17.8 Å². The monoisotopic (exact) mass is 495 g/mol. The van der Waals surface area contributed by atoms with Gasteiger partial charge in [-0.2, -0.15) is 18.3 Å². The Morgan fingerprint density at radius 1 is 1.08 bits per heavy atom. The lowest BCUT2D eigenvalue weighted by molar-refractivity contribution is -0.137. The van der Waals surface area contributed by atoms with Crippen LogP contribution in [0.2, 0.25) is 0 Å². The minimum atomic E-state index is -4.49. The number of aromatic amines is 1. The van der Waals surface area contributed by atoms with Crippen LogP contribution in [0.5, 0.6) is 0 Å². The fraction of sp³-hybridized carbons (Fsp3) is 0.280. The molecule has 5 rings (SSSR count). The van der Waals surface area contributed by atoms with Crippen LogP contribution in [0, 0.1) is 0 Å². The van der Waals surface area contributed by atoms with E-state index >= 15 is 0 Å². The number of amides is 2. The maximum atomic E-state index is 12.9. The van der Waals surface area contributed by atoms with E-state index in [4.69, 9.17) is 5.73 Å². The second kappa shape index (κ2) is 9.57. The minimum absolute atomic E-state index is 0.0429. The number of urea groups is 1. The van der Waals surface area contributed by atoms with Gasteiger partial charge in [0.05, 0.1) is 16.6 Å². The standard InChI is InChI=1S/C25H24F3N7O/c26-25(27,28)16-4-2-6-19(12-16)32-24(36)31-18-5-1-3-14(9-18)10-21-20-13-30-22(33-23(20)35-34-21)15-7-8-17(29)11-15/h1-6,9,12-13,15,17H,7-8,10-11,29H2,(H2,31,32,36)(H,30,33,34,35). The van der Waals surface area contributed by atoms with E-state index in [1.54, 1.807) is 24.4 Å². The fourth-order valence-electron chi connectivity index (χ4n) is 4.48. The summed E-state index contributed by atoms with van der Waals surface area (Å²) in [4.78, 5) is 21.5. The molecule has 0 radical (unpaired) electrons. The summed E-state index contributed by atoms with van der Waals surface area (Å²) in [5, 5.41) is 13.3. The van der Waals surface area contributed by atoms with Gasteiger partial charge in [0.2, 0.25) is 0 Å². The van der Waals surface area contributed by atoms with Gasteiger partial charge in [-0.1, -0.05) is 18.2 Å². The summed E-state index contributed by atoms with van der Waals surface area (Å²) >= 11 is 0. The molecule has 2 amide bonds. The summed E-state index contributed by atoms with van der Waals surface area (Å²) in [6.07, 6.45) is 0.619. The number of nitrogens with one attached hydrogen (secondary N) is 3. The molecule has 8 nitrogen and oxygen atoms in total. The molecule has 4 aromatic rings. The molecular weight excluding hydrogens is 471 g/mol. The highest BCUT2D eigenvalue weighted by atomic mass is 19.4. The van der Waals surface area contributed by atoms with Crippen LogP contribution in [0.15, 0.2) is 54.7 Å². The number of nitrogens with zero attached hydrogens (tertiary/aromatic N) is 3. The van der Waals surface area contributed by atoms with Crippen molar-refractivity contribution >= 4 is 28.4 Å². The van der Waals surface area contributed by atoms with Crippen LogP contribution in [0.3, 0.4) is 0 Å². The second-order valence-electron chi connectivity index (χ2n) is 8.97. The molecule has 1 aliphatic carbocycles. The second-order valence-corrected chi connectivity index (χ2v) is 8.97. The van der Waals surface area contributed by atoms with Crippen molar-refractivity contribution in [2.75, 3.05) is 10.6 Å². The first kappa shape index (κ1) is 23.7. The highest BCUT2D eigenvalue weighted by Gasteiger charge is 2.30. The Hall–Kier alpha value is -3.99. The molecule has 0 bridgehead atoms. The number of halogens is 3. The normalized spacial score (nSPS) is 17.9. The number of nitrogens with two attached hydrogens (primary N) is 1. The molecule has 2 aromatic heterocycles. The first-order chi connectivity index (χ1) is 17.2. The number of hydrogen-bond acceptors (Lipinski definition) is 5. The first-order valence-corrected chi connectivity index (χ1v) is 11.5. The predicted octanol–water partition coefficient (Wildman–Crippen LogP) is 5.20. The van der Waals surface area contributed by atoms with E-state index in [1.807, 2.05) is 6.07 Å². The SMILES string of the molecule is NC1CCC(c2ncc3c(Cc4cccc(NC(=O)Nc5cccc(C(F)(F)F)c5)c4)[nH]nc3n2)C1. The van der Waals surface area contributed by atoms with Crippen LogP contribution in [-0.2, 0) is 12.6 Å². The van der Waals surface area contributed by atoms with E-state index in [0.717, 1.165) is 53.9 Å². The number of fused-ring (bicyclic) bond motifs is 1. The van der Waals surface area contributed by atoms with Crippen molar-refractivity contribution in [2.45, 2.75) is 43.8 Å². The predicted molar refractivity (Wildman–Crippen MR) is 130 cm³/mol. The van der Waals surface area contributed by atoms with E-state index in [-0.39, 0.29) is 17.6 Å². The molecule has 186 valence electrons. The summed E-state index contributed by atoms with van der Waals surface area (Å²) in [6.45, 7) is 0. The number of carbonyl (C=O) groups excluding carboxylic acids is 1. The number of alkyl halides is 3. The summed E-state index contributed by atoms with van der Waals surface area (Å²) in [5.41, 5.74) is 8.06. The number of rotatable bonds is 5. The van der Waals surface area contributed by atoms with Gasteiger partial charge >= 0.3 is 12.2 Å². The number of hydrogen-bond donors (Lipinski definition) is 4. The van der Waals surface area contributed by atoms with Crippen molar-refractivity contribution in [2.24, 2.45) is 5.73 Å². The molecule has 1 saturated carbocycles. The van der Waals surface area contributed by atoms with Crippen molar-refractivity contribution in [3.63, 3.8) is 0 Å².